The average molecular weight is 286 g/mol. The van der Waals surface area contributed by atoms with Crippen molar-refractivity contribution < 1.29 is 4.74 Å². The minimum absolute atomic E-state index is 0.0989. The fraction of sp³-hybridized carbons (Fsp3) is 0.375. The highest BCUT2D eigenvalue weighted by Gasteiger charge is 2.14. The molecule has 112 valence electrons. The molecule has 5 nitrogen and oxygen atoms in total. The van der Waals surface area contributed by atoms with E-state index in [2.05, 4.69) is 34.3 Å². The van der Waals surface area contributed by atoms with Crippen molar-refractivity contribution in [2.45, 2.75) is 33.2 Å². The summed E-state index contributed by atoms with van der Waals surface area (Å²) in [6.07, 6.45) is 0.908. The van der Waals surface area contributed by atoms with Crippen LogP contribution in [0.25, 0.3) is 0 Å². The Morgan fingerprint density at radius 2 is 1.95 bits per heavy atom. The molecule has 0 spiro atoms. The van der Waals surface area contributed by atoms with Crippen LogP contribution in [-0.4, -0.2) is 16.6 Å². The lowest BCUT2D eigenvalue weighted by Crippen LogP contribution is -2.13. The van der Waals surface area contributed by atoms with E-state index in [1.54, 1.807) is 0 Å². The number of aryl methyl sites for hydroxylation is 1. The Labute approximate surface area is 125 Å². The maximum Gasteiger partial charge on any atom is 0.242 e. The normalized spacial score (nSPS) is 12.0. The summed E-state index contributed by atoms with van der Waals surface area (Å²) in [6, 6.07) is 10.3. The van der Waals surface area contributed by atoms with E-state index in [-0.39, 0.29) is 6.04 Å². The zero-order chi connectivity index (χ0) is 15.2. The van der Waals surface area contributed by atoms with Crippen LogP contribution in [0.2, 0.25) is 0 Å². The first-order valence-electron chi connectivity index (χ1n) is 7.20. The van der Waals surface area contributed by atoms with Crippen LogP contribution in [0, 0.1) is 6.92 Å². The molecule has 3 N–H and O–H groups in total. The standard InChI is InChI=1S/C16H22N4O/c1-4-10-21-16-14(17)15(19-12(3)20-16)18-11(2)13-8-6-5-7-9-13/h5-9,11H,4,10,17H2,1-3H3,(H,18,19,20). The smallest absolute Gasteiger partial charge is 0.242 e. The quantitative estimate of drug-likeness (QED) is 0.852. The second kappa shape index (κ2) is 6.92. The summed E-state index contributed by atoms with van der Waals surface area (Å²) in [5, 5.41) is 3.33. The average Bonchev–Trinajstić information content (AvgIpc) is 2.50. The van der Waals surface area contributed by atoms with Gasteiger partial charge in [0.1, 0.15) is 11.5 Å². The highest BCUT2D eigenvalue weighted by Crippen LogP contribution is 2.29. The lowest BCUT2D eigenvalue weighted by atomic mass is 10.1. The predicted molar refractivity (Wildman–Crippen MR) is 85.4 cm³/mol. The molecule has 1 aromatic heterocycles. The van der Waals surface area contributed by atoms with Crippen LogP contribution in [-0.2, 0) is 0 Å². The lowest BCUT2D eigenvalue weighted by molar-refractivity contribution is 0.306. The minimum atomic E-state index is 0.0989. The van der Waals surface area contributed by atoms with E-state index in [0.717, 1.165) is 6.42 Å². The predicted octanol–water partition coefficient (Wildman–Crippen LogP) is 3.33. The van der Waals surface area contributed by atoms with E-state index >= 15 is 0 Å². The number of nitrogens with zero attached hydrogens (tertiary/aromatic N) is 2. The van der Waals surface area contributed by atoms with Crippen molar-refractivity contribution in [1.82, 2.24) is 9.97 Å². The zero-order valence-electron chi connectivity index (χ0n) is 12.8. The van der Waals surface area contributed by atoms with Gasteiger partial charge >= 0.3 is 0 Å². The van der Waals surface area contributed by atoms with Crippen LogP contribution in [0.1, 0.15) is 37.7 Å². The number of rotatable bonds is 6. The molecular weight excluding hydrogens is 264 g/mol. The third-order valence-electron chi connectivity index (χ3n) is 3.12. The van der Waals surface area contributed by atoms with E-state index in [9.17, 15) is 0 Å². The van der Waals surface area contributed by atoms with Gasteiger partial charge in [-0.3, -0.25) is 0 Å². The molecule has 21 heavy (non-hydrogen) atoms. The molecule has 0 bridgehead atoms. The molecule has 0 fully saturated rings. The minimum Gasteiger partial charge on any atom is -0.476 e. The van der Waals surface area contributed by atoms with E-state index < -0.39 is 0 Å². The van der Waals surface area contributed by atoms with Crippen molar-refractivity contribution in [3.63, 3.8) is 0 Å². The Morgan fingerprint density at radius 1 is 1.24 bits per heavy atom. The van der Waals surface area contributed by atoms with Gasteiger partial charge in [-0.15, -0.1) is 0 Å². The number of benzene rings is 1. The highest BCUT2D eigenvalue weighted by atomic mass is 16.5. The van der Waals surface area contributed by atoms with Gasteiger partial charge in [-0.1, -0.05) is 37.3 Å². The molecule has 1 heterocycles. The van der Waals surface area contributed by atoms with E-state index in [4.69, 9.17) is 10.5 Å². The second-order valence-electron chi connectivity index (χ2n) is 4.96. The van der Waals surface area contributed by atoms with Crippen LogP contribution >= 0.6 is 0 Å². The van der Waals surface area contributed by atoms with Crippen molar-refractivity contribution in [2.24, 2.45) is 0 Å². The highest BCUT2D eigenvalue weighted by molar-refractivity contribution is 5.67. The van der Waals surface area contributed by atoms with Gasteiger partial charge in [-0.05, 0) is 25.8 Å². The molecule has 0 aliphatic rings. The number of ether oxygens (including phenoxy) is 1. The first kappa shape index (κ1) is 15.1. The largest absolute Gasteiger partial charge is 0.476 e. The molecule has 2 aromatic rings. The third kappa shape index (κ3) is 3.84. The van der Waals surface area contributed by atoms with Crippen LogP contribution in [0.3, 0.4) is 0 Å². The van der Waals surface area contributed by atoms with E-state index in [1.807, 2.05) is 32.0 Å². The van der Waals surface area contributed by atoms with Crippen LogP contribution in [0.4, 0.5) is 11.5 Å². The molecule has 1 unspecified atom stereocenters. The number of nitrogens with two attached hydrogens (primary N) is 1. The summed E-state index contributed by atoms with van der Waals surface area (Å²) >= 11 is 0. The van der Waals surface area contributed by atoms with Crippen molar-refractivity contribution >= 4 is 11.5 Å². The molecule has 1 aromatic carbocycles. The number of hydrogen-bond donors (Lipinski definition) is 2. The number of nitrogens with one attached hydrogen (secondary N) is 1. The Kier molecular flexibility index (Phi) is 4.98. The van der Waals surface area contributed by atoms with Gasteiger partial charge in [0, 0.05) is 0 Å². The van der Waals surface area contributed by atoms with Crippen LogP contribution in [0.15, 0.2) is 30.3 Å². The van der Waals surface area contributed by atoms with Crippen LogP contribution < -0.4 is 15.8 Å². The number of aromatic nitrogens is 2. The summed E-state index contributed by atoms with van der Waals surface area (Å²) in [4.78, 5) is 8.63. The topological polar surface area (TPSA) is 73.1 Å². The zero-order valence-corrected chi connectivity index (χ0v) is 12.8. The fourth-order valence-corrected chi connectivity index (χ4v) is 2.00. The van der Waals surface area contributed by atoms with Gasteiger partial charge in [-0.25, -0.2) is 4.98 Å². The Morgan fingerprint density at radius 3 is 2.62 bits per heavy atom. The first-order chi connectivity index (χ1) is 10.1. The maximum atomic E-state index is 6.11. The molecule has 0 saturated heterocycles. The Balaban J connectivity index is 2.21. The second-order valence-corrected chi connectivity index (χ2v) is 4.96. The summed E-state index contributed by atoms with van der Waals surface area (Å²) in [5.74, 6) is 1.70. The molecule has 5 heteroatoms. The first-order valence-corrected chi connectivity index (χ1v) is 7.20. The summed E-state index contributed by atoms with van der Waals surface area (Å²) < 4.78 is 5.58. The fourth-order valence-electron chi connectivity index (χ4n) is 2.00. The van der Waals surface area contributed by atoms with Gasteiger partial charge in [0.05, 0.1) is 12.6 Å². The van der Waals surface area contributed by atoms with E-state index in [0.29, 0.717) is 29.8 Å². The molecule has 0 radical (unpaired) electrons. The number of nitrogen functional groups attached to an aromatic ring is 1. The molecule has 1 atom stereocenters. The Bertz CT molecular complexity index is 586. The number of hydrogen-bond acceptors (Lipinski definition) is 5. The van der Waals surface area contributed by atoms with Gasteiger partial charge in [0.25, 0.3) is 0 Å². The van der Waals surface area contributed by atoms with Crippen molar-refractivity contribution in [1.29, 1.82) is 0 Å². The van der Waals surface area contributed by atoms with Crippen molar-refractivity contribution in [3.05, 3.63) is 41.7 Å². The summed E-state index contributed by atoms with van der Waals surface area (Å²) in [6.45, 7) is 6.53. The molecule has 0 aliphatic carbocycles. The maximum absolute atomic E-state index is 6.11. The van der Waals surface area contributed by atoms with Crippen molar-refractivity contribution in [3.8, 4) is 5.88 Å². The summed E-state index contributed by atoms with van der Waals surface area (Å²) in [5.41, 5.74) is 7.73. The molecule has 0 amide bonds. The van der Waals surface area contributed by atoms with Crippen LogP contribution in [0.5, 0.6) is 5.88 Å². The van der Waals surface area contributed by atoms with Gasteiger partial charge < -0.3 is 15.8 Å². The Hall–Kier alpha value is -2.30. The van der Waals surface area contributed by atoms with E-state index in [1.165, 1.54) is 5.56 Å². The van der Waals surface area contributed by atoms with Gasteiger partial charge in [0.15, 0.2) is 5.82 Å². The van der Waals surface area contributed by atoms with Gasteiger partial charge in [0.2, 0.25) is 5.88 Å². The SMILES string of the molecule is CCCOc1nc(C)nc(NC(C)c2ccccc2)c1N. The molecule has 2 rings (SSSR count). The van der Waals surface area contributed by atoms with Gasteiger partial charge in [-0.2, -0.15) is 4.98 Å². The molecular formula is C16H22N4O. The third-order valence-corrected chi connectivity index (χ3v) is 3.12. The monoisotopic (exact) mass is 286 g/mol. The molecule has 0 saturated carbocycles. The molecule has 0 aliphatic heterocycles. The number of anilines is 2. The summed E-state index contributed by atoms with van der Waals surface area (Å²) in [7, 11) is 0. The van der Waals surface area contributed by atoms with Crippen molar-refractivity contribution in [2.75, 3.05) is 17.7 Å². The lowest BCUT2D eigenvalue weighted by Gasteiger charge is -2.18.